The van der Waals surface area contributed by atoms with Gasteiger partial charge >= 0.3 is 0 Å². The molecule has 0 aromatic carbocycles. The van der Waals surface area contributed by atoms with E-state index in [4.69, 9.17) is 5.26 Å². The van der Waals surface area contributed by atoms with Gasteiger partial charge in [0.15, 0.2) is 0 Å². The maximum absolute atomic E-state index is 11.9. The van der Waals surface area contributed by atoms with Gasteiger partial charge in [0.1, 0.15) is 0 Å². The molecule has 2 fully saturated rings. The summed E-state index contributed by atoms with van der Waals surface area (Å²) in [6, 6.07) is 2.58. The van der Waals surface area contributed by atoms with Gasteiger partial charge in [-0.2, -0.15) is 5.26 Å². The number of nitrogens with zero attached hydrogens (tertiary/aromatic N) is 3. The number of amides is 2. The van der Waals surface area contributed by atoms with E-state index in [1.165, 1.54) is 0 Å². The molecule has 2 heterocycles. The zero-order chi connectivity index (χ0) is 15.2. The molecule has 0 saturated carbocycles. The Morgan fingerprint density at radius 3 is 2.67 bits per heavy atom. The molecule has 2 atom stereocenters. The van der Waals surface area contributed by atoms with E-state index < -0.39 is 0 Å². The van der Waals surface area contributed by atoms with Crippen molar-refractivity contribution in [1.29, 1.82) is 5.26 Å². The van der Waals surface area contributed by atoms with Crippen LogP contribution in [0.25, 0.3) is 0 Å². The van der Waals surface area contributed by atoms with Gasteiger partial charge < -0.3 is 10.2 Å². The summed E-state index contributed by atoms with van der Waals surface area (Å²) in [4.78, 5) is 27.8. The highest BCUT2D eigenvalue weighted by Crippen LogP contribution is 2.29. The van der Waals surface area contributed by atoms with Crippen LogP contribution in [0.15, 0.2) is 0 Å². The Hall–Kier alpha value is -1.61. The molecule has 0 unspecified atom stereocenters. The zero-order valence-electron chi connectivity index (χ0n) is 12.7. The Bertz CT molecular complexity index is 432. The summed E-state index contributed by atoms with van der Waals surface area (Å²) in [6.45, 7) is 4.18. The second-order valence-electron chi connectivity index (χ2n) is 5.86. The Labute approximate surface area is 126 Å². The van der Waals surface area contributed by atoms with Crippen molar-refractivity contribution in [3.05, 3.63) is 0 Å². The molecule has 2 aliphatic rings. The first-order valence-electron chi connectivity index (χ1n) is 7.78. The second kappa shape index (κ2) is 7.41. The summed E-state index contributed by atoms with van der Waals surface area (Å²) in [6.07, 6.45) is 4.58. The highest BCUT2D eigenvalue weighted by atomic mass is 16.2. The fourth-order valence-electron chi connectivity index (χ4n) is 3.57. The van der Waals surface area contributed by atoms with Crippen molar-refractivity contribution in [3.8, 4) is 6.07 Å². The van der Waals surface area contributed by atoms with Gasteiger partial charge in [0.2, 0.25) is 11.8 Å². The Kier molecular flexibility index (Phi) is 5.57. The van der Waals surface area contributed by atoms with Crippen LogP contribution < -0.4 is 5.32 Å². The molecule has 0 aromatic rings. The van der Waals surface area contributed by atoms with E-state index in [1.807, 2.05) is 11.0 Å². The lowest BCUT2D eigenvalue weighted by Crippen LogP contribution is -2.50. The molecule has 6 nitrogen and oxygen atoms in total. The lowest BCUT2D eigenvalue weighted by molar-refractivity contribution is -0.130. The number of nitriles is 1. The number of hydrogen-bond donors (Lipinski definition) is 1. The van der Waals surface area contributed by atoms with E-state index in [1.54, 1.807) is 6.92 Å². The molecule has 2 amide bonds. The first kappa shape index (κ1) is 15.8. The highest BCUT2D eigenvalue weighted by molar-refractivity contribution is 5.78. The van der Waals surface area contributed by atoms with E-state index >= 15 is 0 Å². The third-order valence-electron chi connectivity index (χ3n) is 4.47. The predicted molar refractivity (Wildman–Crippen MR) is 78.2 cm³/mol. The lowest BCUT2D eigenvalue weighted by atomic mass is 10.0. The molecule has 2 aliphatic heterocycles. The van der Waals surface area contributed by atoms with Crippen molar-refractivity contribution in [2.45, 2.75) is 51.1 Å². The summed E-state index contributed by atoms with van der Waals surface area (Å²) in [5.41, 5.74) is 0. The molecule has 1 N–H and O–H groups in total. The second-order valence-corrected chi connectivity index (χ2v) is 5.86. The average Bonchev–Trinajstić information content (AvgIpc) is 3.06. The van der Waals surface area contributed by atoms with Crippen LogP contribution in [-0.2, 0) is 9.59 Å². The third-order valence-corrected chi connectivity index (χ3v) is 4.47. The first-order chi connectivity index (χ1) is 10.1. The van der Waals surface area contributed by atoms with Gasteiger partial charge in [-0.3, -0.25) is 14.5 Å². The van der Waals surface area contributed by atoms with Crippen molar-refractivity contribution in [2.24, 2.45) is 0 Å². The van der Waals surface area contributed by atoms with Gasteiger partial charge in [-0.05, 0) is 32.2 Å². The van der Waals surface area contributed by atoms with Crippen molar-refractivity contribution < 1.29 is 9.59 Å². The molecular weight excluding hydrogens is 268 g/mol. The monoisotopic (exact) mass is 292 g/mol. The normalized spacial score (nSPS) is 25.8. The van der Waals surface area contributed by atoms with Crippen LogP contribution in [0, 0.1) is 11.3 Å². The predicted octanol–water partition coefficient (Wildman–Crippen LogP) is 0.492. The number of carbonyl (C=O) groups is 2. The molecule has 0 bridgehead atoms. The number of likely N-dealkylation sites (tertiary alicyclic amines) is 2. The van der Waals surface area contributed by atoms with Crippen LogP contribution in [0.4, 0.5) is 0 Å². The number of carbonyl (C=O) groups excluding carboxylic acids is 2. The summed E-state index contributed by atoms with van der Waals surface area (Å²) in [5.74, 6) is 0.118. The first-order valence-corrected chi connectivity index (χ1v) is 7.78. The number of hydrogen-bond acceptors (Lipinski definition) is 4. The maximum atomic E-state index is 11.9. The van der Waals surface area contributed by atoms with Crippen molar-refractivity contribution in [3.63, 3.8) is 0 Å². The maximum Gasteiger partial charge on any atom is 0.234 e. The van der Waals surface area contributed by atoms with Gasteiger partial charge in [0, 0.05) is 32.1 Å². The van der Waals surface area contributed by atoms with Crippen LogP contribution in [0.5, 0.6) is 0 Å². The van der Waals surface area contributed by atoms with Crippen LogP contribution in [-0.4, -0.2) is 59.9 Å². The van der Waals surface area contributed by atoms with Gasteiger partial charge in [-0.1, -0.05) is 0 Å². The summed E-state index contributed by atoms with van der Waals surface area (Å²) < 4.78 is 0. The van der Waals surface area contributed by atoms with Crippen LogP contribution in [0.3, 0.4) is 0 Å². The SMILES string of the molecule is CC(=O)N1CCC[C@@H]1[C@@H]1CCCN1CC(=O)NCCC#N. The minimum atomic E-state index is -0.0236. The van der Waals surface area contributed by atoms with E-state index in [0.717, 1.165) is 38.8 Å². The lowest BCUT2D eigenvalue weighted by Gasteiger charge is -2.34. The van der Waals surface area contributed by atoms with Crippen LogP contribution in [0.2, 0.25) is 0 Å². The molecule has 0 radical (unpaired) electrons. The van der Waals surface area contributed by atoms with Crippen molar-refractivity contribution in [2.75, 3.05) is 26.2 Å². The van der Waals surface area contributed by atoms with Gasteiger partial charge in [0.25, 0.3) is 0 Å². The molecule has 2 rings (SSSR count). The molecule has 0 aromatic heterocycles. The largest absolute Gasteiger partial charge is 0.354 e. The van der Waals surface area contributed by atoms with Crippen molar-refractivity contribution in [1.82, 2.24) is 15.1 Å². The van der Waals surface area contributed by atoms with Crippen LogP contribution >= 0.6 is 0 Å². The highest BCUT2D eigenvalue weighted by Gasteiger charge is 2.39. The third kappa shape index (κ3) is 3.94. The summed E-state index contributed by atoms with van der Waals surface area (Å²) >= 11 is 0. The van der Waals surface area contributed by atoms with Crippen molar-refractivity contribution >= 4 is 11.8 Å². The standard InChI is InChI=1S/C15H24N4O2/c1-12(20)19-10-3-6-14(19)13-5-2-9-18(13)11-15(21)17-8-4-7-16/h13-14H,2-6,8-11H2,1H3,(H,17,21)/t13-,14+/m0/s1. The zero-order valence-corrected chi connectivity index (χ0v) is 12.7. The molecule has 21 heavy (non-hydrogen) atoms. The fraction of sp³-hybridized carbons (Fsp3) is 0.800. The van der Waals surface area contributed by atoms with E-state index in [2.05, 4.69) is 10.2 Å². The molecule has 0 spiro atoms. The Morgan fingerprint density at radius 2 is 1.95 bits per heavy atom. The molecule has 116 valence electrons. The minimum Gasteiger partial charge on any atom is -0.354 e. The van der Waals surface area contributed by atoms with Crippen LogP contribution in [0.1, 0.15) is 39.0 Å². The number of rotatable bonds is 5. The molecular formula is C15H24N4O2. The minimum absolute atomic E-state index is 0.0236. The summed E-state index contributed by atoms with van der Waals surface area (Å²) in [7, 11) is 0. The molecule has 0 aliphatic carbocycles. The van der Waals surface area contributed by atoms with E-state index in [-0.39, 0.29) is 17.9 Å². The molecule has 2 saturated heterocycles. The van der Waals surface area contributed by atoms with Gasteiger partial charge in [-0.25, -0.2) is 0 Å². The average molecular weight is 292 g/mol. The fourth-order valence-corrected chi connectivity index (χ4v) is 3.57. The van der Waals surface area contributed by atoms with E-state index in [0.29, 0.717) is 25.6 Å². The topological polar surface area (TPSA) is 76.4 Å². The van der Waals surface area contributed by atoms with E-state index in [9.17, 15) is 9.59 Å². The van der Waals surface area contributed by atoms with Gasteiger partial charge in [-0.15, -0.1) is 0 Å². The Morgan fingerprint density at radius 1 is 1.24 bits per heavy atom. The van der Waals surface area contributed by atoms with Gasteiger partial charge in [0.05, 0.1) is 19.0 Å². The molecule has 6 heteroatoms. The summed E-state index contributed by atoms with van der Waals surface area (Å²) in [5, 5.41) is 11.3. The smallest absolute Gasteiger partial charge is 0.234 e. The Balaban J connectivity index is 1.89. The number of nitrogens with one attached hydrogen (secondary N) is 1. The quantitative estimate of drug-likeness (QED) is 0.748.